The molecule has 2 aromatic rings. The fourth-order valence-corrected chi connectivity index (χ4v) is 1.65. The quantitative estimate of drug-likeness (QED) is 0.631. The van der Waals surface area contributed by atoms with Gasteiger partial charge in [0.05, 0.1) is 16.4 Å². The van der Waals surface area contributed by atoms with Gasteiger partial charge in [-0.3, -0.25) is 5.43 Å². The number of anilines is 2. The molecule has 8 nitrogen and oxygen atoms in total. The predicted molar refractivity (Wildman–Crippen MR) is 73.6 cm³/mol. The molecule has 9 heteroatoms. The topological polar surface area (TPSA) is 97.8 Å². The number of nitrogen functional groups attached to an aromatic ring is 1. The van der Waals surface area contributed by atoms with E-state index in [2.05, 4.69) is 25.5 Å². The number of rotatable bonds is 3. The van der Waals surface area contributed by atoms with Crippen molar-refractivity contribution in [3.63, 3.8) is 0 Å². The highest BCUT2D eigenvalue weighted by molar-refractivity contribution is 6.31. The average molecular weight is 283 g/mol. The second-order valence-corrected chi connectivity index (χ2v) is 4.57. The molecule has 102 valence electrons. The minimum Gasteiger partial charge on any atom is -0.347 e. The molecule has 0 fully saturated rings. The third-order valence-corrected chi connectivity index (χ3v) is 3.08. The van der Waals surface area contributed by atoms with E-state index in [0.29, 0.717) is 22.6 Å². The minimum atomic E-state index is 0.261. The van der Waals surface area contributed by atoms with Gasteiger partial charge >= 0.3 is 0 Å². The predicted octanol–water partition coefficient (Wildman–Crippen LogP) is 0.679. The molecule has 0 aliphatic rings. The molecule has 2 heterocycles. The van der Waals surface area contributed by atoms with E-state index in [1.165, 1.54) is 0 Å². The SMILES string of the molecule is Cc1nn(-c2nc(NN)nc(N(C)C)n2)c(C)c1Cl. The monoisotopic (exact) mass is 282 g/mol. The lowest BCUT2D eigenvalue weighted by Gasteiger charge is -2.12. The number of aromatic nitrogens is 5. The van der Waals surface area contributed by atoms with Crippen LogP contribution in [0.1, 0.15) is 11.4 Å². The van der Waals surface area contributed by atoms with E-state index in [-0.39, 0.29) is 5.95 Å². The third kappa shape index (κ3) is 2.45. The third-order valence-electron chi connectivity index (χ3n) is 2.53. The molecule has 0 spiro atoms. The molecule has 0 aliphatic carbocycles. The standard InChI is InChI=1S/C10H15ClN8/c1-5-7(11)6(2)19(17-5)10-14-8(16-12)13-9(15-10)18(3)4/h12H2,1-4H3,(H,13,14,15,16). The van der Waals surface area contributed by atoms with Crippen LogP contribution in [0.3, 0.4) is 0 Å². The maximum absolute atomic E-state index is 6.12. The van der Waals surface area contributed by atoms with E-state index in [9.17, 15) is 0 Å². The Hall–Kier alpha value is -1.93. The second-order valence-electron chi connectivity index (χ2n) is 4.19. The van der Waals surface area contributed by atoms with Gasteiger partial charge in [-0.25, -0.2) is 10.5 Å². The molecule has 0 saturated carbocycles. The second kappa shape index (κ2) is 4.98. The van der Waals surface area contributed by atoms with Crippen LogP contribution in [0.4, 0.5) is 11.9 Å². The van der Waals surface area contributed by atoms with Crippen LogP contribution in [0, 0.1) is 13.8 Å². The number of hydrogen-bond donors (Lipinski definition) is 2. The lowest BCUT2D eigenvalue weighted by molar-refractivity contribution is 0.760. The molecule has 0 radical (unpaired) electrons. The summed E-state index contributed by atoms with van der Waals surface area (Å²) in [6.07, 6.45) is 0. The Labute approximate surface area is 115 Å². The summed E-state index contributed by atoms with van der Waals surface area (Å²) in [7, 11) is 3.65. The Bertz CT molecular complexity index is 606. The Morgan fingerprint density at radius 2 is 1.89 bits per heavy atom. The fourth-order valence-electron chi connectivity index (χ4n) is 1.53. The van der Waals surface area contributed by atoms with Gasteiger partial charge in [0.2, 0.25) is 11.9 Å². The van der Waals surface area contributed by atoms with Crippen LogP contribution < -0.4 is 16.2 Å². The van der Waals surface area contributed by atoms with Gasteiger partial charge in [0.15, 0.2) is 0 Å². The van der Waals surface area contributed by atoms with E-state index in [4.69, 9.17) is 17.4 Å². The molecular weight excluding hydrogens is 268 g/mol. The molecule has 2 aromatic heterocycles. The maximum Gasteiger partial charge on any atom is 0.257 e. The summed E-state index contributed by atoms with van der Waals surface area (Å²) in [6.45, 7) is 3.67. The molecule has 0 amide bonds. The number of hydrogen-bond acceptors (Lipinski definition) is 7. The van der Waals surface area contributed by atoms with Crippen LogP contribution in [0.2, 0.25) is 5.02 Å². The number of aryl methyl sites for hydroxylation is 1. The normalized spacial score (nSPS) is 10.6. The maximum atomic E-state index is 6.12. The van der Waals surface area contributed by atoms with Gasteiger partial charge in [-0.05, 0) is 13.8 Å². The zero-order chi connectivity index (χ0) is 14.2. The Balaban J connectivity index is 2.61. The summed E-state index contributed by atoms with van der Waals surface area (Å²) < 4.78 is 1.56. The summed E-state index contributed by atoms with van der Waals surface area (Å²) in [4.78, 5) is 14.4. The minimum absolute atomic E-state index is 0.261. The molecule has 3 N–H and O–H groups in total. The van der Waals surface area contributed by atoms with Gasteiger partial charge in [0, 0.05) is 14.1 Å². The molecule has 0 aromatic carbocycles. The van der Waals surface area contributed by atoms with Gasteiger partial charge in [-0.15, -0.1) is 0 Å². The molecule has 0 saturated heterocycles. The highest BCUT2D eigenvalue weighted by Gasteiger charge is 2.15. The number of nitrogens with zero attached hydrogens (tertiary/aromatic N) is 6. The van der Waals surface area contributed by atoms with Gasteiger partial charge in [-0.2, -0.15) is 20.1 Å². The van der Waals surface area contributed by atoms with Crippen molar-refractivity contribution >= 4 is 23.5 Å². The summed E-state index contributed by atoms with van der Waals surface area (Å²) >= 11 is 6.12. The molecule has 0 bridgehead atoms. The molecular formula is C10H15ClN8. The van der Waals surface area contributed by atoms with Crippen molar-refractivity contribution in [3.8, 4) is 5.95 Å². The van der Waals surface area contributed by atoms with Gasteiger partial charge < -0.3 is 4.90 Å². The van der Waals surface area contributed by atoms with Crippen molar-refractivity contribution in [1.29, 1.82) is 0 Å². The first kappa shape index (κ1) is 13.5. The highest BCUT2D eigenvalue weighted by atomic mass is 35.5. The largest absolute Gasteiger partial charge is 0.347 e. The van der Waals surface area contributed by atoms with E-state index >= 15 is 0 Å². The van der Waals surface area contributed by atoms with E-state index < -0.39 is 0 Å². The van der Waals surface area contributed by atoms with Crippen molar-refractivity contribution in [2.24, 2.45) is 5.84 Å². The summed E-state index contributed by atoms with van der Waals surface area (Å²) in [5, 5.41) is 4.89. The lowest BCUT2D eigenvalue weighted by atomic mass is 10.4. The molecule has 0 aliphatic heterocycles. The van der Waals surface area contributed by atoms with Crippen molar-refractivity contribution in [2.45, 2.75) is 13.8 Å². The molecule has 19 heavy (non-hydrogen) atoms. The first-order chi connectivity index (χ1) is 8.93. The van der Waals surface area contributed by atoms with Crippen LogP contribution >= 0.6 is 11.6 Å². The summed E-state index contributed by atoms with van der Waals surface area (Å²) in [6, 6.07) is 0. The van der Waals surface area contributed by atoms with Gasteiger partial charge in [0.25, 0.3) is 5.95 Å². The number of nitrogens with two attached hydrogens (primary N) is 1. The molecule has 2 rings (SSSR count). The van der Waals surface area contributed by atoms with Crippen LogP contribution in [-0.4, -0.2) is 38.8 Å². The number of nitrogens with one attached hydrogen (secondary N) is 1. The number of hydrazine groups is 1. The molecule has 0 atom stereocenters. The van der Waals surface area contributed by atoms with Crippen LogP contribution in [-0.2, 0) is 0 Å². The van der Waals surface area contributed by atoms with Crippen LogP contribution in [0.25, 0.3) is 5.95 Å². The Morgan fingerprint density at radius 1 is 1.21 bits per heavy atom. The lowest BCUT2D eigenvalue weighted by Crippen LogP contribution is -2.19. The van der Waals surface area contributed by atoms with Gasteiger partial charge in [-0.1, -0.05) is 11.6 Å². The van der Waals surface area contributed by atoms with Crippen molar-refractivity contribution < 1.29 is 0 Å². The van der Waals surface area contributed by atoms with Crippen molar-refractivity contribution in [1.82, 2.24) is 24.7 Å². The van der Waals surface area contributed by atoms with Crippen LogP contribution in [0.5, 0.6) is 0 Å². The zero-order valence-corrected chi connectivity index (χ0v) is 11.9. The van der Waals surface area contributed by atoms with Crippen molar-refractivity contribution in [2.75, 3.05) is 24.4 Å². The summed E-state index contributed by atoms with van der Waals surface area (Å²) in [5.74, 6) is 6.46. The van der Waals surface area contributed by atoms with Crippen LogP contribution in [0.15, 0.2) is 0 Å². The van der Waals surface area contributed by atoms with E-state index in [1.54, 1.807) is 9.58 Å². The first-order valence-corrected chi connectivity index (χ1v) is 5.94. The fraction of sp³-hybridized carbons (Fsp3) is 0.400. The van der Waals surface area contributed by atoms with Crippen molar-refractivity contribution in [3.05, 3.63) is 16.4 Å². The van der Waals surface area contributed by atoms with Gasteiger partial charge in [0.1, 0.15) is 0 Å². The Morgan fingerprint density at radius 3 is 2.37 bits per heavy atom. The first-order valence-electron chi connectivity index (χ1n) is 5.56. The molecule has 0 unspecified atom stereocenters. The Kier molecular flexibility index (Phi) is 3.54. The average Bonchev–Trinajstić information content (AvgIpc) is 2.66. The van der Waals surface area contributed by atoms with E-state index in [1.807, 2.05) is 27.9 Å². The highest BCUT2D eigenvalue weighted by Crippen LogP contribution is 2.21. The number of halogens is 1. The smallest absolute Gasteiger partial charge is 0.257 e. The summed E-state index contributed by atoms with van der Waals surface area (Å²) in [5.41, 5.74) is 3.89. The van der Waals surface area contributed by atoms with E-state index in [0.717, 1.165) is 5.69 Å². The zero-order valence-electron chi connectivity index (χ0n) is 11.1.